The molecule has 0 bridgehead atoms. The van der Waals surface area contributed by atoms with Gasteiger partial charge in [0.05, 0.1) is 7.11 Å². The first kappa shape index (κ1) is 14.7. The lowest BCUT2D eigenvalue weighted by Gasteiger charge is -2.45. The minimum Gasteiger partial charge on any atom is -0.507 e. The highest BCUT2D eigenvalue weighted by molar-refractivity contribution is 6.11. The van der Waals surface area contributed by atoms with Crippen LogP contribution in [0.25, 0.3) is 0 Å². The molecule has 0 aromatic heterocycles. The van der Waals surface area contributed by atoms with Crippen molar-refractivity contribution in [3.8, 4) is 28.7 Å². The molecular formula is C18H16O6. The average molecular weight is 328 g/mol. The van der Waals surface area contributed by atoms with E-state index in [0.717, 1.165) is 5.56 Å². The molecule has 0 unspecified atom stereocenters. The molecule has 1 spiro atoms. The maximum Gasteiger partial charge on any atom is 0.184 e. The third kappa shape index (κ3) is 1.57. The molecule has 1 atom stereocenters. The Balaban J connectivity index is 1.90. The van der Waals surface area contributed by atoms with Crippen LogP contribution in [0, 0.1) is 6.92 Å². The second-order valence-electron chi connectivity index (χ2n) is 6.27. The Morgan fingerprint density at radius 1 is 1.21 bits per heavy atom. The number of rotatable bonds is 1. The molecule has 0 saturated carbocycles. The summed E-state index contributed by atoms with van der Waals surface area (Å²) in [5.74, 6) is -0.366. The summed E-state index contributed by atoms with van der Waals surface area (Å²) in [4.78, 5) is 13.1. The van der Waals surface area contributed by atoms with E-state index in [0.29, 0.717) is 12.0 Å². The van der Waals surface area contributed by atoms with Gasteiger partial charge in [-0.3, -0.25) is 4.79 Å². The van der Waals surface area contributed by atoms with E-state index in [2.05, 4.69) is 0 Å². The Labute approximate surface area is 137 Å². The van der Waals surface area contributed by atoms with Crippen LogP contribution in [-0.4, -0.2) is 34.8 Å². The molecule has 1 heterocycles. The lowest BCUT2D eigenvalue weighted by atomic mass is 9.59. The summed E-state index contributed by atoms with van der Waals surface area (Å²) in [6, 6.07) is 4.80. The second-order valence-corrected chi connectivity index (χ2v) is 6.27. The fraction of sp³-hybridized carbons (Fsp3) is 0.278. The molecule has 24 heavy (non-hydrogen) atoms. The molecule has 3 N–H and O–H groups in total. The van der Waals surface area contributed by atoms with Crippen LogP contribution in [0.15, 0.2) is 18.2 Å². The van der Waals surface area contributed by atoms with E-state index in [-0.39, 0.29) is 52.3 Å². The maximum atomic E-state index is 13.1. The number of carbonyl (C=O) groups is 1. The van der Waals surface area contributed by atoms with Crippen molar-refractivity contribution in [2.45, 2.75) is 18.8 Å². The number of Topliss-reactive ketones (excluding diaryl/α,β-unsaturated/α-hetero) is 1. The van der Waals surface area contributed by atoms with Gasteiger partial charge in [-0.25, -0.2) is 0 Å². The third-order valence-electron chi connectivity index (χ3n) is 5.04. The zero-order valence-electron chi connectivity index (χ0n) is 13.2. The van der Waals surface area contributed by atoms with Crippen molar-refractivity contribution in [1.82, 2.24) is 0 Å². The minimum atomic E-state index is -1.04. The molecule has 4 rings (SSSR count). The number of benzene rings is 2. The van der Waals surface area contributed by atoms with Gasteiger partial charge in [-0.15, -0.1) is 0 Å². The van der Waals surface area contributed by atoms with Crippen LogP contribution >= 0.6 is 0 Å². The van der Waals surface area contributed by atoms with Crippen LogP contribution in [0.5, 0.6) is 28.7 Å². The van der Waals surface area contributed by atoms with Crippen LogP contribution in [-0.2, 0) is 11.8 Å². The fourth-order valence-corrected chi connectivity index (χ4v) is 3.65. The van der Waals surface area contributed by atoms with Crippen LogP contribution in [0.2, 0.25) is 0 Å². The van der Waals surface area contributed by atoms with E-state index in [1.165, 1.54) is 20.1 Å². The van der Waals surface area contributed by atoms with Crippen LogP contribution in [0.4, 0.5) is 0 Å². The number of ketones is 1. The lowest BCUT2D eigenvalue weighted by molar-refractivity contribution is 0.0716. The number of ether oxygens (including phenoxy) is 2. The number of methoxy groups -OCH3 is 1. The van der Waals surface area contributed by atoms with Crippen molar-refractivity contribution in [3.05, 3.63) is 40.5 Å². The van der Waals surface area contributed by atoms with Gasteiger partial charge < -0.3 is 24.8 Å². The van der Waals surface area contributed by atoms with E-state index in [4.69, 9.17) is 9.47 Å². The predicted molar refractivity (Wildman–Crippen MR) is 84.4 cm³/mol. The largest absolute Gasteiger partial charge is 0.507 e. The standard InChI is InChI=1S/C18H16O6/c1-8-10(19)5-12-13(15(8)20)17(22)18(7-24-12)6-9-3-4-11(23-2)16(21)14(9)18/h3-5,19-21H,6-7H2,1-2H3/t18-/m0/s1. The second kappa shape index (κ2) is 4.56. The van der Waals surface area contributed by atoms with Crippen molar-refractivity contribution < 1.29 is 29.6 Å². The normalized spacial score (nSPS) is 20.8. The first-order valence-electron chi connectivity index (χ1n) is 7.53. The van der Waals surface area contributed by atoms with E-state index >= 15 is 0 Å². The molecular weight excluding hydrogens is 312 g/mol. The zero-order valence-corrected chi connectivity index (χ0v) is 13.2. The summed E-state index contributed by atoms with van der Waals surface area (Å²) in [5, 5.41) is 30.6. The molecule has 1 aliphatic carbocycles. The van der Waals surface area contributed by atoms with Gasteiger partial charge in [-0.1, -0.05) is 6.07 Å². The molecule has 0 fully saturated rings. The van der Waals surface area contributed by atoms with Crippen LogP contribution in [0.3, 0.4) is 0 Å². The molecule has 2 aromatic rings. The quantitative estimate of drug-likeness (QED) is 0.742. The predicted octanol–water partition coefficient (Wildman–Crippen LogP) is 2.19. The molecule has 2 aliphatic rings. The van der Waals surface area contributed by atoms with Gasteiger partial charge in [-0.05, 0) is 25.0 Å². The fourth-order valence-electron chi connectivity index (χ4n) is 3.65. The van der Waals surface area contributed by atoms with Crippen LogP contribution < -0.4 is 9.47 Å². The van der Waals surface area contributed by atoms with Gasteiger partial charge >= 0.3 is 0 Å². The van der Waals surface area contributed by atoms with Gasteiger partial charge in [0.25, 0.3) is 0 Å². The molecule has 0 saturated heterocycles. The third-order valence-corrected chi connectivity index (χ3v) is 5.04. The summed E-state index contributed by atoms with van der Waals surface area (Å²) in [6.45, 7) is 1.56. The van der Waals surface area contributed by atoms with E-state index in [1.54, 1.807) is 6.07 Å². The molecule has 6 heteroatoms. The number of hydrogen-bond donors (Lipinski definition) is 3. The van der Waals surface area contributed by atoms with Crippen molar-refractivity contribution in [2.24, 2.45) is 0 Å². The first-order valence-corrected chi connectivity index (χ1v) is 7.53. The van der Waals surface area contributed by atoms with E-state index < -0.39 is 5.41 Å². The highest BCUT2D eigenvalue weighted by atomic mass is 16.5. The Morgan fingerprint density at radius 3 is 2.67 bits per heavy atom. The van der Waals surface area contributed by atoms with Crippen molar-refractivity contribution in [3.63, 3.8) is 0 Å². The first-order chi connectivity index (χ1) is 11.4. The van der Waals surface area contributed by atoms with Gasteiger partial charge in [0.2, 0.25) is 0 Å². The summed E-state index contributed by atoms with van der Waals surface area (Å²) >= 11 is 0. The van der Waals surface area contributed by atoms with Gasteiger partial charge in [-0.2, -0.15) is 0 Å². The summed E-state index contributed by atoms with van der Waals surface area (Å²) < 4.78 is 10.8. The number of hydrogen-bond acceptors (Lipinski definition) is 6. The highest BCUT2D eigenvalue weighted by Crippen LogP contribution is 2.55. The maximum absolute atomic E-state index is 13.1. The van der Waals surface area contributed by atoms with Crippen molar-refractivity contribution in [2.75, 3.05) is 13.7 Å². The van der Waals surface area contributed by atoms with Gasteiger partial charge in [0.15, 0.2) is 17.3 Å². The molecule has 124 valence electrons. The minimum absolute atomic E-state index is 0.0362. The molecule has 0 amide bonds. The average Bonchev–Trinajstić information content (AvgIpc) is 2.53. The number of fused-ring (bicyclic) bond motifs is 3. The lowest BCUT2D eigenvalue weighted by Crippen LogP contribution is -2.53. The molecule has 6 nitrogen and oxygen atoms in total. The Kier molecular flexibility index (Phi) is 2.79. The Morgan fingerprint density at radius 2 is 1.96 bits per heavy atom. The topological polar surface area (TPSA) is 96.2 Å². The molecule has 2 aromatic carbocycles. The summed E-state index contributed by atoms with van der Waals surface area (Å²) in [6.07, 6.45) is 0.414. The van der Waals surface area contributed by atoms with Crippen molar-refractivity contribution >= 4 is 5.78 Å². The number of carbonyl (C=O) groups excluding carboxylic acids is 1. The molecule has 1 aliphatic heterocycles. The highest BCUT2D eigenvalue weighted by Gasteiger charge is 2.56. The smallest absolute Gasteiger partial charge is 0.184 e. The van der Waals surface area contributed by atoms with Gasteiger partial charge in [0, 0.05) is 17.2 Å². The summed E-state index contributed by atoms with van der Waals surface area (Å²) in [7, 11) is 1.44. The van der Waals surface area contributed by atoms with Crippen LogP contribution in [0.1, 0.15) is 27.0 Å². The van der Waals surface area contributed by atoms with Gasteiger partial charge in [0.1, 0.15) is 34.8 Å². The van der Waals surface area contributed by atoms with Crippen molar-refractivity contribution in [1.29, 1.82) is 0 Å². The Hall–Kier alpha value is -2.89. The van der Waals surface area contributed by atoms with E-state index in [9.17, 15) is 20.1 Å². The number of phenolic OH excluding ortho intramolecular Hbond substituents is 3. The summed E-state index contributed by atoms with van der Waals surface area (Å²) in [5.41, 5.74) is 0.565. The van der Waals surface area contributed by atoms with E-state index in [1.807, 2.05) is 6.07 Å². The SMILES string of the molecule is COc1ccc2c(c1O)[C@@]1(COc3cc(O)c(C)c(O)c3C1=O)C2. The zero-order chi connectivity index (χ0) is 17.2. The Bertz CT molecular complexity index is 901. The monoisotopic (exact) mass is 328 g/mol. The number of aromatic hydroxyl groups is 3. The number of phenols is 3. The molecule has 0 radical (unpaired) electrons.